The lowest BCUT2D eigenvalue weighted by Crippen LogP contribution is -2.02. The van der Waals surface area contributed by atoms with E-state index in [-0.39, 0.29) is 5.95 Å². The normalized spacial score (nSPS) is 10.8. The number of para-hydroxylation sites is 1. The molecule has 0 unspecified atom stereocenters. The molecule has 0 aliphatic carbocycles. The molecule has 2 aromatic carbocycles. The van der Waals surface area contributed by atoms with E-state index in [4.69, 9.17) is 16.2 Å². The summed E-state index contributed by atoms with van der Waals surface area (Å²) in [5, 5.41) is 4.15. The van der Waals surface area contributed by atoms with Gasteiger partial charge in [0.05, 0.1) is 18.3 Å². The maximum atomic E-state index is 6.15. The molecular weight excluding hydrogens is 352 g/mol. The first-order chi connectivity index (χ1) is 13.5. The molecule has 0 fully saturated rings. The first kappa shape index (κ1) is 17.5. The minimum atomic E-state index is 0.170. The van der Waals surface area contributed by atoms with Crippen molar-refractivity contribution in [3.63, 3.8) is 0 Å². The predicted octanol–water partition coefficient (Wildman–Crippen LogP) is 3.92. The van der Waals surface area contributed by atoms with Crippen molar-refractivity contribution < 1.29 is 4.74 Å². The summed E-state index contributed by atoms with van der Waals surface area (Å²) in [6.45, 7) is 1.92. The van der Waals surface area contributed by atoms with Crippen molar-refractivity contribution >= 4 is 34.0 Å². The minimum Gasteiger partial charge on any atom is -0.496 e. The lowest BCUT2D eigenvalue weighted by molar-refractivity contribution is 0.416. The number of fused-ring (bicyclic) bond motifs is 1. The maximum absolute atomic E-state index is 6.15. The summed E-state index contributed by atoms with van der Waals surface area (Å²) in [5.74, 6) is 1.46. The number of rotatable bonds is 4. The first-order valence-electron chi connectivity index (χ1n) is 8.75. The van der Waals surface area contributed by atoms with Crippen molar-refractivity contribution in [2.24, 2.45) is 0 Å². The zero-order valence-corrected chi connectivity index (χ0v) is 15.6. The number of hydrogen-bond acceptors (Lipinski definition) is 7. The Morgan fingerprint density at radius 1 is 0.929 bits per heavy atom. The van der Waals surface area contributed by atoms with Gasteiger partial charge < -0.3 is 21.5 Å². The fourth-order valence-electron chi connectivity index (χ4n) is 3.14. The Kier molecular flexibility index (Phi) is 4.41. The number of anilines is 4. The van der Waals surface area contributed by atoms with Gasteiger partial charge in [-0.15, -0.1) is 0 Å². The van der Waals surface area contributed by atoms with Gasteiger partial charge in [0.1, 0.15) is 11.6 Å². The Bertz CT molecular complexity index is 1170. The van der Waals surface area contributed by atoms with Crippen molar-refractivity contribution in [2.75, 3.05) is 23.9 Å². The minimum absolute atomic E-state index is 0.170. The third-order valence-corrected chi connectivity index (χ3v) is 4.37. The van der Waals surface area contributed by atoms with Crippen molar-refractivity contribution in [3.8, 4) is 17.0 Å². The number of benzene rings is 2. The first-order valence-corrected chi connectivity index (χ1v) is 8.75. The highest BCUT2D eigenvalue weighted by Crippen LogP contribution is 2.31. The molecule has 4 aromatic rings. The topological polar surface area (TPSA) is 112 Å². The molecule has 0 aliphatic rings. The van der Waals surface area contributed by atoms with Gasteiger partial charge in [-0.1, -0.05) is 12.1 Å². The number of methoxy groups -OCH3 is 1. The van der Waals surface area contributed by atoms with E-state index in [9.17, 15) is 0 Å². The zero-order valence-electron chi connectivity index (χ0n) is 15.6. The lowest BCUT2D eigenvalue weighted by atomic mass is 10.1. The Labute approximate surface area is 162 Å². The average molecular weight is 372 g/mol. The van der Waals surface area contributed by atoms with Crippen LogP contribution in [0.5, 0.6) is 5.75 Å². The molecule has 0 bridgehead atoms. The van der Waals surface area contributed by atoms with E-state index in [0.717, 1.165) is 27.8 Å². The number of nitrogens with zero attached hydrogens (tertiary/aromatic N) is 3. The molecule has 7 heteroatoms. The van der Waals surface area contributed by atoms with Crippen LogP contribution in [0, 0.1) is 6.92 Å². The largest absolute Gasteiger partial charge is 0.496 e. The molecule has 5 N–H and O–H groups in total. The molecule has 140 valence electrons. The Morgan fingerprint density at radius 2 is 1.75 bits per heavy atom. The van der Waals surface area contributed by atoms with Gasteiger partial charge in [0, 0.05) is 34.1 Å². The third-order valence-electron chi connectivity index (χ3n) is 4.37. The smallest absolute Gasteiger partial charge is 0.222 e. The van der Waals surface area contributed by atoms with Crippen molar-refractivity contribution in [1.82, 2.24) is 15.0 Å². The highest BCUT2D eigenvalue weighted by Gasteiger charge is 2.10. The summed E-state index contributed by atoms with van der Waals surface area (Å²) in [6, 6.07) is 17.1. The highest BCUT2D eigenvalue weighted by molar-refractivity contribution is 5.93. The monoisotopic (exact) mass is 372 g/mol. The van der Waals surface area contributed by atoms with Gasteiger partial charge in [0.15, 0.2) is 0 Å². The number of nitrogen functional groups attached to an aromatic ring is 2. The van der Waals surface area contributed by atoms with Crippen LogP contribution in [0.25, 0.3) is 22.2 Å². The van der Waals surface area contributed by atoms with Gasteiger partial charge >= 0.3 is 0 Å². The Hall–Kier alpha value is -3.87. The number of aromatic nitrogens is 3. The molecule has 2 aromatic heterocycles. The second kappa shape index (κ2) is 7.03. The molecule has 0 saturated carbocycles. The highest BCUT2D eigenvalue weighted by atomic mass is 16.5. The summed E-state index contributed by atoms with van der Waals surface area (Å²) in [4.78, 5) is 13.1. The summed E-state index contributed by atoms with van der Waals surface area (Å²) >= 11 is 0. The van der Waals surface area contributed by atoms with E-state index in [1.807, 2.05) is 61.5 Å². The molecule has 0 spiro atoms. The standard InChI is InChI=1S/C21H20N6O/c1-12-9-16(22)15-10-13(7-8-17(15)24-12)25-20-11-18(26-21(23)27-20)14-5-3-4-6-19(14)28-2/h3-11H,1-2H3,(H2,22,24)(H3,23,25,26,27). The van der Waals surface area contributed by atoms with E-state index >= 15 is 0 Å². The molecular formula is C21H20N6O. The van der Waals surface area contributed by atoms with E-state index in [1.54, 1.807) is 7.11 Å². The van der Waals surface area contributed by atoms with E-state index < -0.39 is 0 Å². The number of hydrogen-bond donors (Lipinski definition) is 3. The van der Waals surface area contributed by atoms with E-state index in [0.29, 0.717) is 22.9 Å². The van der Waals surface area contributed by atoms with Gasteiger partial charge in [-0.05, 0) is 43.3 Å². The predicted molar refractivity (Wildman–Crippen MR) is 113 cm³/mol. The van der Waals surface area contributed by atoms with Crippen molar-refractivity contribution in [2.45, 2.75) is 6.92 Å². The van der Waals surface area contributed by atoms with Crippen LogP contribution in [-0.2, 0) is 0 Å². The number of nitrogens with one attached hydrogen (secondary N) is 1. The molecule has 0 atom stereocenters. The SMILES string of the molecule is COc1ccccc1-c1cc(Nc2ccc3nc(C)cc(N)c3c2)nc(N)n1. The Balaban J connectivity index is 1.73. The summed E-state index contributed by atoms with van der Waals surface area (Å²) in [5.41, 5.74) is 16.8. The molecule has 28 heavy (non-hydrogen) atoms. The van der Waals surface area contributed by atoms with Gasteiger partial charge in [-0.25, -0.2) is 4.98 Å². The number of ether oxygens (including phenoxy) is 1. The molecule has 7 nitrogen and oxygen atoms in total. The van der Waals surface area contributed by atoms with Gasteiger partial charge in [-0.3, -0.25) is 4.98 Å². The average Bonchev–Trinajstić information content (AvgIpc) is 2.68. The summed E-state index contributed by atoms with van der Waals surface area (Å²) in [7, 11) is 1.62. The fourth-order valence-corrected chi connectivity index (χ4v) is 3.14. The molecule has 0 saturated heterocycles. The van der Waals surface area contributed by atoms with Crippen LogP contribution in [0.2, 0.25) is 0 Å². The molecule has 0 amide bonds. The second-order valence-corrected chi connectivity index (χ2v) is 6.41. The number of aryl methyl sites for hydroxylation is 1. The van der Waals surface area contributed by atoms with E-state index in [1.165, 1.54) is 0 Å². The van der Waals surface area contributed by atoms with Crippen LogP contribution < -0.4 is 21.5 Å². The third kappa shape index (κ3) is 3.37. The summed E-state index contributed by atoms with van der Waals surface area (Å²) in [6.07, 6.45) is 0. The Morgan fingerprint density at radius 3 is 2.57 bits per heavy atom. The zero-order chi connectivity index (χ0) is 19.7. The second-order valence-electron chi connectivity index (χ2n) is 6.41. The maximum Gasteiger partial charge on any atom is 0.222 e. The van der Waals surface area contributed by atoms with Crippen LogP contribution in [0.4, 0.5) is 23.1 Å². The van der Waals surface area contributed by atoms with Gasteiger partial charge in [0.25, 0.3) is 0 Å². The van der Waals surface area contributed by atoms with Crippen LogP contribution in [0.3, 0.4) is 0 Å². The quantitative estimate of drug-likeness (QED) is 0.498. The molecule has 0 radical (unpaired) electrons. The lowest BCUT2D eigenvalue weighted by Gasteiger charge is -2.12. The number of pyridine rings is 1. The molecule has 2 heterocycles. The van der Waals surface area contributed by atoms with Crippen LogP contribution >= 0.6 is 0 Å². The molecule has 0 aliphatic heterocycles. The number of nitrogens with two attached hydrogens (primary N) is 2. The van der Waals surface area contributed by atoms with Crippen molar-refractivity contribution in [3.05, 3.63) is 60.3 Å². The van der Waals surface area contributed by atoms with E-state index in [2.05, 4.69) is 20.3 Å². The summed E-state index contributed by atoms with van der Waals surface area (Å²) < 4.78 is 5.43. The fraction of sp³-hybridized carbons (Fsp3) is 0.0952. The van der Waals surface area contributed by atoms with Crippen molar-refractivity contribution in [1.29, 1.82) is 0 Å². The molecule has 4 rings (SSSR count). The van der Waals surface area contributed by atoms with Crippen LogP contribution in [-0.4, -0.2) is 22.1 Å². The van der Waals surface area contributed by atoms with Gasteiger partial charge in [0.2, 0.25) is 5.95 Å². The van der Waals surface area contributed by atoms with Crippen LogP contribution in [0.1, 0.15) is 5.69 Å². The van der Waals surface area contributed by atoms with Crippen LogP contribution in [0.15, 0.2) is 54.6 Å². The van der Waals surface area contributed by atoms with Gasteiger partial charge in [-0.2, -0.15) is 4.98 Å².